The van der Waals surface area contributed by atoms with Gasteiger partial charge in [0.05, 0.1) is 16.7 Å². The van der Waals surface area contributed by atoms with E-state index in [1.807, 2.05) is 0 Å². The van der Waals surface area contributed by atoms with E-state index in [9.17, 15) is 14.9 Å². The maximum atomic E-state index is 12.2. The molecule has 0 saturated carbocycles. The lowest BCUT2D eigenvalue weighted by Gasteiger charge is -2.13. The highest BCUT2D eigenvalue weighted by Crippen LogP contribution is 2.22. The van der Waals surface area contributed by atoms with Crippen molar-refractivity contribution >= 4 is 17.3 Å². The first-order valence-electron chi connectivity index (χ1n) is 6.24. The summed E-state index contributed by atoms with van der Waals surface area (Å²) in [6, 6.07) is 8.85. The maximum absolute atomic E-state index is 12.2. The van der Waals surface area contributed by atoms with Gasteiger partial charge in [0.1, 0.15) is 5.56 Å². The van der Waals surface area contributed by atoms with Gasteiger partial charge in [0, 0.05) is 18.0 Å². The minimum absolute atomic E-state index is 0.0669. The number of nitrogens with zero attached hydrogens (tertiary/aromatic N) is 2. The molecule has 0 aliphatic carbocycles. The van der Waals surface area contributed by atoms with Crippen molar-refractivity contribution in [3.05, 3.63) is 64.0 Å². The molecule has 108 valence electrons. The minimum atomic E-state index is -0.611. The Morgan fingerprint density at radius 1 is 1.38 bits per heavy atom. The lowest BCUT2D eigenvalue weighted by molar-refractivity contribution is -0.385. The lowest BCUT2D eigenvalue weighted by Crippen LogP contribution is -2.27. The van der Waals surface area contributed by atoms with Crippen LogP contribution in [0.1, 0.15) is 29.0 Å². The van der Waals surface area contributed by atoms with Crippen LogP contribution in [-0.2, 0) is 0 Å². The number of nitrogens with one attached hydrogen (secondary N) is 1. The largest absolute Gasteiger partial charge is 0.399 e. The number of anilines is 1. The van der Waals surface area contributed by atoms with E-state index < -0.39 is 10.8 Å². The van der Waals surface area contributed by atoms with Crippen LogP contribution >= 0.6 is 0 Å². The quantitative estimate of drug-likeness (QED) is 0.507. The number of hydrogen-bond acceptors (Lipinski definition) is 5. The third-order valence-corrected chi connectivity index (χ3v) is 2.94. The highest BCUT2D eigenvalue weighted by atomic mass is 16.6. The SMILES string of the molecule is CC(NC(=O)c1cc(N)ccc1[N+](=O)[O-])c1ccccn1. The monoisotopic (exact) mass is 286 g/mol. The van der Waals surface area contributed by atoms with Crippen LogP contribution in [0.4, 0.5) is 11.4 Å². The van der Waals surface area contributed by atoms with Crippen molar-refractivity contribution in [3.63, 3.8) is 0 Å². The highest BCUT2D eigenvalue weighted by Gasteiger charge is 2.22. The first-order valence-corrected chi connectivity index (χ1v) is 6.24. The Morgan fingerprint density at radius 2 is 2.14 bits per heavy atom. The van der Waals surface area contributed by atoms with Gasteiger partial charge in [0.15, 0.2) is 0 Å². The molecule has 21 heavy (non-hydrogen) atoms. The molecule has 0 aliphatic heterocycles. The Morgan fingerprint density at radius 3 is 2.76 bits per heavy atom. The number of rotatable bonds is 4. The number of amides is 1. The molecule has 0 fully saturated rings. The smallest absolute Gasteiger partial charge is 0.282 e. The molecule has 1 unspecified atom stereocenters. The van der Waals surface area contributed by atoms with Gasteiger partial charge in [-0.05, 0) is 31.2 Å². The van der Waals surface area contributed by atoms with Crippen molar-refractivity contribution in [2.24, 2.45) is 0 Å². The third-order valence-electron chi connectivity index (χ3n) is 2.94. The topological polar surface area (TPSA) is 111 Å². The van der Waals surface area contributed by atoms with Crippen molar-refractivity contribution in [3.8, 4) is 0 Å². The second kappa shape index (κ2) is 6.00. The van der Waals surface area contributed by atoms with Crippen LogP contribution < -0.4 is 11.1 Å². The number of nitro benzene ring substituents is 1. The van der Waals surface area contributed by atoms with Gasteiger partial charge >= 0.3 is 0 Å². The Balaban J connectivity index is 2.25. The van der Waals surface area contributed by atoms with Crippen LogP contribution in [0.5, 0.6) is 0 Å². The van der Waals surface area contributed by atoms with Crippen molar-refractivity contribution in [1.29, 1.82) is 0 Å². The Labute approximate surface area is 121 Å². The molecule has 1 aromatic heterocycles. The van der Waals surface area contributed by atoms with Crippen LogP contribution in [0.3, 0.4) is 0 Å². The van der Waals surface area contributed by atoms with Gasteiger partial charge in [-0.1, -0.05) is 6.07 Å². The summed E-state index contributed by atoms with van der Waals surface area (Å²) in [5, 5.41) is 13.6. The molecule has 0 aliphatic rings. The Bertz CT molecular complexity index is 673. The van der Waals surface area contributed by atoms with Gasteiger partial charge in [-0.25, -0.2) is 0 Å². The zero-order valence-electron chi connectivity index (χ0n) is 11.3. The van der Waals surface area contributed by atoms with Gasteiger partial charge in [-0.2, -0.15) is 0 Å². The van der Waals surface area contributed by atoms with Gasteiger partial charge < -0.3 is 11.1 Å². The van der Waals surface area contributed by atoms with Gasteiger partial charge in [0.2, 0.25) is 0 Å². The van der Waals surface area contributed by atoms with E-state index in [0.717, 1.165) is 0 Å². The number of carbonyl (C=O) groups is 1. The summed E-state index contributed by atoms with van der Waals surface area (Å²) < 4.78 is 0. The molecule has 0 spiro atoms. The summed E-state index contributed by atoms with van der Waals surface area (Å²) in [4.78, 5) is 26.7. The molecule has 0 bridgehead atoms. The predicted octanol–water partition coefficient (Wildman–Crippen LogP) is 2.06. The fraction of sp³-hybridized carbons (Fsp3) is 0.143. The van der Waals surface area contributed by atoms with Crippen LogP contribution in [0.2, 0.25) is 0 Å². The van der Waals surface area contributed by atoms with E-state index in [1.165, 1.54) is 18.2 Å². The maximum Gasteiger partial charge on any atom is 0.282 e. The third kappa shape index (κ3) is 3.33. The van der Waals surface area contributed by atoms with Gasteiger partial charge in [-0.3, -0.25) is 19.9 Å². The van der Waals surface area contributed by atoms with E-state index in [2.05, 4.69) is 10.3 Å². The van der Waals surface area contributed by atoms with E-state index in [0.29, 0.717) is 5.69 Å². The van der Waals surface area contributed by atoms with Crippen molar-refractivity contribution < 1.29 is 9.72 Å². The first kappa shape index (κ1) is 14.4. The van der Waals surface area contributed by atoms with Crippen molar-refractivity contribution in [1.82, 2.24) is 10.3 Å². The minimum Gasteiger partial charge on any atom is -0.399 e. The van der Waals surface area contributed by atoms with Crippen LogP contribution in [-0.4, -0.2) is 15.8 Å². The zero-order chi connectivity index (χ0) is 15.4. The number of pyridine rings is 1. The average Bonchev–Trinajstić information content (AvgIpc) is 2.47. The summed E-state index contributed by atoms with van der Waals surface area (Å²) in [5.74, 6) is -0.563. The Hall–Kier alpha value is -2.96. The second-order valence-electron chi connectivity index (χ2n) is 4.48. The number of aromatic nitrogens is 1. The number of carbonyl (C=O) groups excluding carboxylic acids is 1. The number of nitrogen functional groups attached to an aromatic ring is 1. The van der Waals surface area contributed by atoms with E-state index >= 15 is 0 Å². The summed E-state index contributed by atoms with van der Waals surface area (Å²) in [7, 11) is 0. The summed E-state index contributed by atoms with van der Waals surface area (Å²) in [6.07, 6.45) is 1.61. The molecule has 1 amide bonds. The lowest BCUT2D eigenvalue weighted by atomic mass is 10.1. The molecule has 1 atom stereocenters. The number of benzene rings is 1. The second-order valence-corrected chi connectivity index (χ2v) is 4.48. The Kier molecular flexibility index (Phi) is 4.13. The molecule has 2 aromatic rings. The molecule has 3 N–H and O–H groups in total. The van der Waals surface area contributed by atoms with Gasteiger partial charge in [-0.15, -0.1) is 0 Å². The summed E-state index contributed by atoms with van der Waals surface area (Å²) in [5.41, 5.74) is 6.20. The van der Waals surface area contributed by atoms with Crippen molar-refractivity contribution in [2.75, 3.05) is 5.73 Å². The van der Waals surface area contributed by atoms with E-state index in [4.69, 9.17) is 5.73 Å². The standard InChI is InChI=1S/C14H14N4O3/c1-9(12-4-2-3-7-16-12)17-14(19)11-8-10(15)5-6-13(11)18(20)21/h2-9H,15H2,1H3,(H,17,19). The van der Waals surface area contributed by atoms with E-state index in [1.54, 1.807) is 31.3 Å². The number of nitro groups is 1. The molecule has 0 saturated heterocycles. The van der Waals surface area contributed by atoms with E-state index in [-0.39, 0.29) is 23.0 Å². The molecule has 1 aromatic carbocycles. The number of hydrogen-bond donors (Lipinski definition) is 2. The van der Waals surface area contributed by atoms with Crippen LogP contribution in [0.15, 0.2) is 42.6 Å². The summed E-state index contributed by atoms with van der Waals surface area (Å²) in [6.45, 7) is 1.75. The molecular weight excluding hydrogens is 272 g/mol. The van der Waals surface area contributed by atoms with Crippen LogP contribution in [0.25, 0.3) is 0 Å². The van der Waals surface area contributed by atoms with Crippen molar-refractivity contribution in [2.45, 2.75) is 13.0 Å². The molecular formula is C14H14N4O3. The van der Waals surface area contributed by atoms with Gasteiger partial charge in [0.25, 0.3) is 11.6 Å². The first-order chi connectivity index (χ1) is 9.99. The number of nitrogens with two attached hydrogens (primary N) is 1. The average molecular weight is 286 g/mol. The molecule has 7 heteroatoms. The highest BCUT2D eigenvalue weighted by molar-refractivity contribution is 5.99. The summed E-state index contributed by atoms with van der Waals surface area (Å²) >= 11 is 0. The molecule has 2 rings (SSSR count). The fourth-order valence-electron chi connectivity index (χ4n) is 1.88. The molecule has 7 nitrogen and oxygen atoms in total. The predicted molar refractivity (Wildman–Crippen MR) is 77.6 cm³/mol. The normalized spacial score (nSPS) is 11.7. The molecule has 0 radical (unpaired) electrons. The van der Waals surface area contributed by atoms with Crippen LogP contribution in [0, 0.1) is 10.1 Å². The zero-order valence-corrected chi connectivity index (χ0v) is 11.3. The fourth-order valence-corrected chi connectivity index (χ4v) is 1.88. The molecule has 1 heterocycles.